The van der Waals surface area contributed by atoms with Crippen LogP contribution in [0.1, 0.15) is 420 Å². The van der Waals surface area contributed by atoms with Crippen LogP contribution >= 0.6 is 0 Å². The molecule has 0 saturated heterocycles. The third-order valence-electron chi connectivity index (χ3n) is 22.0. The molecule has 0 spiro atoms. The fourth-order valence-corrected chi connectivity index (χ4v) is 17.9. The topological polar surface area (TPSA) is 55.4 Å². The lowest BCUT2D eigenvalue weighted by Gasteiger charge is -2.34. The van der Waals surface area contributed by atoms with Gasteiger partial charge in [0.2, 0.25) is 0 Å². The van der Waals surface area contributed by atoms with Gasteiger partial charge in [-0.1, -0.05) is 282 Å². The Hall–Kier alpha value is -5.88. The number of fused-ring (bicyclic) bond motifs is 12. The van der Waals surface area contributed by atoms with Crippen molar-refractivity contribution in [2.45, 2.75) is 391 Å². The van der Waals surface area contributed by atoms with E-state index in [1.807, 2.05) is 0 Å². The van der Waals surface area contributed by atoms with Crippen LogP contribution in [0.4, 0.5) is 0 Å². The van der Waals surface area contributed by atoms with Crippen LogP contribution in [-0.2, 0) is 71.0 Å². The summed E-state index contributed by atoms with van der Waals surface area (Å²) in [5, 5.41) is 0. The van der Waals surface area contributed by atoms with E-state index in [2.05, 4.69) is 239 Å². The standard InChI is InChI=1S/C102H156O6/c1-25-31-37-43-49-103-85-61-73-55-75-63-86(104-50-44-38-32-26-2)65-77(92(75)98(10,11)12)57-79-67-88(106-52-46-40-34-28-4)69-81(94(79)100(16,17)18)59-83-71-90(108-54-48-42-36-30-6)72-84(96(83)102(22,23)24)60-82-70-89(107-53-47-41-35-29-5)68-80(95(82)101(19,20)21)58-78-66-87(105-51-45-39-33-27-3)64-76(93(78)99(13,14)15)56-74(62-85)91(73)97(7,8)9/h61-72H,25-60H2,1-24H3. The summed E-state index contributed by atoms with van der Waals surface area (Å²) in [6.07, 6.45) is 31.7. The predicted molar refractivity (Wildman–Crippen MR) is 466 cm³/mol. The van der Waals surface area contributed by atoms with Gasteiger partial charge in [0.15, 0.2) is 0 Å². The Morgan fingerprint density at radius 3 is 0.380 bits per heavy atom. The molecule has 600 valence electrons. The zero-order valence-electron chi connectivity index (χ0n) is 73.8. The van der Waals surface area contributed by atoms with E-state index in [4.69, 9.17) is 28.4 Å². The maximum Gasteiger partial charge on any atom is 0.119 e. The minimum atomic E-state index is -0.248. The molecule has 6 aromatic carbocycles. The highest BCUT2D eigenvalue weighted by Gasteiger charge is 2.35. The monoisotopic (exact) mass is 1480 g/mol. The molecule has 1 aliphatic rings. The Balaban J connectivity index is 1.73. The van der Waals surface area contributed by atoms with Crippen molar-refractivity contribution in [3.63, 3.8) is 0 Å². The van der Waals surface area contributed by atoms with E-state index in [0.29, 0.717) is 39.6 Å². The highest BCUT2D eigenvalue weighted by Crippen LogP contribution is 2.47. The van der Waals surface area contributed by atoms with Gasteiger partial charge in [0.05, 0.1) is 39.6 Å². The van der Waals surface area contributed by atoms with E-state index in [0.717, 1.165) is 150 Å². The Morgan fingerprint density at radius 1 is 0.176 bits per heavy atom. The molecule has 7 rings (SSSR count). The van der Waals surface area contributed by atoms with Crippen molar-refractivity contribution in [3.05, 3.63) is 173 Å². The number of rotatable bonds is 36. The molecule has 108 heavy (non-hydrogen) atoms. The average Bonchev–Trinajstić information content (AvgIpc) is 0.758. The fraction of sp³-hybridized carbons (Fsp3) is 0.647. The second-order valence-electron chi connectivity index (χ2n) is 38.7. The molecule has 0 aromatic heterocycles. The van der Waals surface area contributed by atoms with Crippen molar-refractivity contribution < 1.29 is 28.4 Å². The van der Waals surface area contributed by atoms with Crippen molar-refractivity contribution >= 4 is 0 Å². The number of benzene rings is 6. The normalized spacial score (nSPS) is 13.3. The third-order valence-corrected chi connectivity index (χ3v) is 22.0. The van der Waals surface area contributed by atoms with Gasteiger partial charge in [0, 0.05) is 0 Å². The van der Waals surface area contributed by atoms with Gasteiger partial charge < -0.3 is 28.4 Å². The lowest BCUT2D eigenvalue weighted by Crippen LogP contribution is -2.24. The SMILES string of the molecule is CCCCCCOc1cc2c(C(C)(C)C)c(c1)Cc1cc(OCCCCCC)cc(c1C(C)(C)C)Cc1cc(OCCCCCC)cc(c1C(C)(C)C)Cc1cc(OCCCCCC)cc(c1C(C)(C)C)Cc1cc(OCCCCCC)cc(c1C(C)(C)C)Cc1cc(OCCCCCC)cc(c1C(C)(C)C)C2. The summed E-state index contributed by atoms with van der Waals surface area (Å²) in [7, 11) is 0. The van der Waals surface area contributed by atoms with Gasteiger partial charge in [-0.25, -0.2) is 0 Å². The Labute approximate surface area is 662 Å². The molecule has 6 nitrogen and oxygen atoms in total. The van der Waals surface area contributed by atoms with Crippen LogP contribution in [0.15, 0.2) is 72.8 Å². The van der Waals surface area contributed by atoms with Crippen molar-refractivity contribution in [3.8, 4) is 34.5 Å². The lowest BCUT2D eigenvalue weighted by molar-refractivity contribution is 0.303. The molecule has 0 fully saturated rings. The maximum absolute atomic E-state index is 7.16. The number of unbranched alkanes of at least 4 members (excludes halogenated alkanes) is 18. The number of hydrogen-bond donors (Lipinski definition) is 0. The molecule has 0 atom stereocenters. The lowest BCUT2D eigenvalue weighted by atomic mass is 9.71. The first-order valence-electron chi connectivity index (χ1n) is 43.9. The van der Waals surface area contributed by atoms with Crippen LogP contribution in [0.5, 0.6) is 34.5 Å². The molecular formula is C102H156O6. The zero-order chi connectivity index (χ0) is 79.0. The summed E-state index contributed by atoms with van der Waals surface area (Å²) in [6, 6.07) is 29.4. The number of hydrogen-bond acceptors (Lipinski definition) is 6. The molecule has 0 saturated carbocycles. The van der Waals surface area contributed by atoms with Crippen LogP contribution in [0.2, 0.25) is 0 Å². The Morgan fingerprint density at radius 2 is 0.287 bits per heavy atom. The first kappa shape index (κ1) is 89.3. The molecule has 0 amide bonds. The smallest absolute Gasteiger partial charge is 0.119 e. The number of ether oxygens (including phenoxy) is 6. The molecular weight excluding hydrogens is 1320 g/mol. The molecule has 1 aliphatic carbocycles. The first-order chi connectivity index (χ1) is 51.1. The van der Waals surface area contributed by atoms with E-state index in [1.165, 1.54) is 177 Å². The minimum Gasteiger partial charge on any atom is -0.494 e. The molecule has 0 aliphatic heterocycles. The van der Waals surface area contributed by atoms with Crippen molar-refractivity contribution in [2.24, 2.45) is 0 Å². The molecule has 12 bridgehead atoms. The highest BCUT2D eigenvalue weighted by molar-refractivity contribution is 5.61. The van der Waals surface area contributed by atoms with Gasteiger partial charge >= 0.3 is 0 Å². The van der Waals surface area contributed by atoms with E-state index >= 15 is 0 Å². The van der Waals surface area contributed by atoms with Crippen molar-refractivity contribution in [2.75, 3.05) is 39.6 Å². The maximum atomic E-state index is 7.16. The summed E-state index contributed by atoms with van der Waals surface area (Å²) in [4.78, 5) is 0. The summed E-state index contributed by atoms with van der Waals surface area (Å²) in [6.45, 7) is 62.0. The van der Waals surface area contributed by atoms with Gasteiger partial charge in [0.1, 0.15) is 34.5 Å². The quantitative estimate of drug-likeness (QED) is 0.0365. The van der Waals surface area contributed by atoms with Crippen LogP contribution in [0.25, 0.3) is 0 Å². The molecule has 0 N–H and O–H groups in total. The largest absolute Gasteiger partial charge is 0.494 e. The molecule has 0 radical (unpaired) electrons. The van der Waals surface area contributed by atoms with Crippen LogP contribution < -0.4 is 28.4 Å². The van der Waals surface area contributed by atoms with E-state index in [1.54, 1.807) is 0 Å². The second-order valence-corrected chi connectivity index (χ2v) is 38.7. The zero-order valence-corrected chi connectivity index (χ0v) is 73.8. The summed E-state index contributed by atoms with van der Waals surface area (Å²) in [5.74, 6) is 5.75. The third kappa shape index (κ3) is 26.7. The van der Waals surface area contributed by atoms with Crippen molar-refractivity contribution in [1.82, 2.24) is 0 Å². The minimum absolute atomic E-state index is 0.248. The summed E-state index contributed by atoms with van der Waals surface area (Å²) in [5.41, 5.74) is 22.7. The van der Waals surface area contributed by atoms with Gasteiger partial charge in [-0.3, -0.25) is 0 Å². The summed E-state index contributed by atoms with van der Waals surface area (Å²) >= 11 is 0. The van der Waals surface area contributed by atoms with E-state index in [-0.39, 0.29) is 32.5 Å². The first-order valence-corrected chi connectivity index (χ1v) is 43.9. The van der Waals surface area contributed by atoms with Crippen LogP contribution in [0, 0.1) is 0 Å². The Kier molecular flexibility index (Phi) is 34.4. The van der Waals surface area contributed by atoms with Crippen LogP contribution in [0.3, 0.4) is 0 Å². The molecule has 0 unspecified atom stereocenters. The average molecular weight is 1480 g/mol. The van der Waals surface area contributed by atoms with Gasteiger partial charge in [-0.15, -0.1) is 0 Å². The molecule has 6 heteroatoms. The second kappa shape index (κ2) is 41.6. The van der Waals surface area contributed by atoms with Gasteiger partial charge in [-0.05, 0) is 282 Å². The van der Waals surface area contributed by atoms with Gasteiger partial charge in [0.25, 0.3) is 0 Å². The predicted octanol–water partition coefficient (Wildman–Crippen LogP) is 29.1. The molecule has 6 aromatic rings. The van der Waals surface area contributed by atoms with Crippen LogP contribution in [-0.4, -0.2) is 39.6 Å². The van der Waals surface area contributed by atoms with Crippen molar-refractivity contribution in [1.29, 1.82) is 0 Å². The van der Waals surface area contributed by atoms with E-state index < -0.39 is 0 Å². The van der Waals surface area contributed by atoms with Gasteiger partial charge in [-0.2, -0.15) is 0 Å². The summed E-state index contributed by atoms with van der Waals surface area (Å²) < 4.78 is 42.9. The van der Waals surface area contributed by atoms with E-state index in [9.17, 15) is 0 Å². The highest BCUT2D eigenvalue weighted by atomic mass is 16.5. The molecule has 0 heterocycles. The fourth-order valence-electron chi connectivity index (χ4n) is 17.9. The Bertz CT molecular complexity index is 2970.